The van der Waals surface area contributed by atoms with E-state index in [9.17, 15) is 25.2 Å². The van der Waals surface area contributed by atoms with E-state index in [1.807, 2.05) is 0 Å². The summed E-state index contributed by atoms with van der Waals surface area (Å²) >= 11 is 0. The lowest BCUT2D eigenvalue weighted by Crippen LogP contribution is -2.66. The molecule has 11 nitrogen and oxygen atoms in total. The fourth-order valence-corrected chi connectivity index (χ4v) is 3.93. The molecule has 1 aliphatic carbocycles. The van der Waals surface area contributed by atoms with Crippen molar-refractivity contribution in [1.82, 2.24) is 10.4 Å². The lowest BCUT2D eigenvalue weighted by molar-refractivity contribution is -0.111. The first-order valence-corrected chi connectivity index (χ1v) is 8.01. The Kier molecular flexibility index (Phi) is 3.95. The zero-order chi connectivity index (χ0) is 18.7. The lowest BCUT2D eigenvalue weighted by atomic mass is 9.69. The summed E-state index contributed by atoms with van der Waals surface area (Å²) in [5.41, 5.74) is 4.39. The van der Waals surface area contributed by atoms with E-state index in [1.165, 1.54) is 13.1 Å². The third kappa shape index (κ3) is 2.33. The number of carbonyl (C=O) groups is 1. The molecule has 0 spiro atoms. The van der Waals surface area contributed by atoms with E-state index >= 15 is 0 Å². The number of aliphatic hydroxyl groups is 3. The highest BCUT2D eigenvalue weighted by molar-refractivity contribution is 6.01. The Hall–Kier alpha value is -2.15. The van der Waals surface area contributed by atoms with Crippen LogP contribution in [-0.2, 0) is 0 Å². The molecule has 2 aliphatic heterocycles. The number of hydrogen-bond donors (Lipinski definition) is 6. The number of nitrogens with one attached hydrogen (secondary N) is 1. The van der Waals surface area contributed by atoms with Gasteiger partial charge in [-0.25, -0.2) is 0 Å². The number of aromatic hydroxyl groups is 1. The predicted octanol–water partition coefficient (Wildman–Crippen LogP) is -2.12. The highest BCUT2D eigenvalue weighted by Gasteiger charge is 2.51. The molecule has 26 heavy (non-hydrogen) atoms. The van der Waals surface area contributed by atoms with Crippen molar-refractivity contribution in [2.45, 2.75) is 36.3 Å². The molecule has 1 saturated carbocycles. The Morgan fingerprint density at radius 1 is 1.27 bits per heavy atom. The molecule has 4 rings (SSSR count). The van der Waals surface area contributed by atoms with Gasteiger partial charge in [0.05, 0.1) is 17.7 Å². The van der Waals surface area contributed by atoms with E-state index in [0.29, 0.717) is 5.56 Å². The van der Waals surface area contributed by atoms with Gasteiger partial charge in [0.25, 0.3) is 5.91 Å². The van der Waals surface area contributed by atoms with Crippen molar-refractivity contribution in [2.24, 2.45) is 5.84 Å². The molecular weight excluding hydrogens is 348 g/mol. The maximum absolute atomic E-state index is 12.5. The van der Waals surface area contributed by atoms with Crippen LogP contribution in [0.2, 0.25) is 0 Å². The average molecular weight is 367 g/mol. The molecule has 0 radical (unpaired) electrons. The number of amides is 1. The van der Waals surface area contributed by atoms with E-state index in [4.69, 9.17) is 15.3 Å². The van der Waals surface area contributed by atoms with E-state index in [1.54, 1.807) is 0 Å². The number of benzene rings is 1. The minimum atomic E-state index is -1.53. The van der Waals surface area contributed by atoms with Gasteiger partial charge >= 0.3 is 0 Å². The average Bonchev–Trinajstić information content (AvgIpc) is 3.05. The number of hydrogen-bond acceptors (Lipinski definition) is 9. The van der Waals surface area contributed by atoms with Gasteiger partial charge in [0, 0.05) is 0 Å². The van der Waals surface area contributed by atoms with Crippen molar-refractivity contribution < 1.29 is 34.7 Å². The van der Waals surface area contributed by atoms with E-state index in [0.717, 1.165) is 5.12 Å². The summed E-state index contributed by atoms with van der Waals surface area (Å²) in [6, 6.07) is -0.404. The molecule has 142 valence electrons. The second kappa shape index (κ2) is 5.94. The van der Waals surface area contributed by atoms with Crippen molar-refractivity contribution in [3.8, 4) is 17.2 Å². The summed E-state index contributed by atoms with van der Waals surface area (Å²) in [6.45, 7) is -0.106. The third-order valence-electron chi connectivity index (χ3n) is 5.04. The number of phenols is 1. The second-order valence-electron chi connectivity index (χ2n) is 6.60. The van der Waals surface area contributed by atoms with E-state index in [-0.39, 0.29) is 29.6 Å². The number of fused-ring (bicyclic) bond motifs is 4. The second-order valence-corrected chi connectivity index (χ2v) is 6.60. The van der Waals surface area contributed by atoms with Crippen LogP contribution in [0.5, 0.6) is 17.2 Å². The minimum Gasteiger partial charge on any atom is -0.575 e. The van der Waals surface area contributed by atoms with Gasteiger partial charge in [-0.05, 0) is 24.6 Å². The van der Waals surface area contributed by atoms with Crippen LogP contribution in [0.4, 0.5) is 0 Å². The number of carbonyl (C=O) groups excluding carboxylic acids is 1. The molecule has 0 aromatic heterocycles. The number of hydrazine groups is 1. The van der Waals surface area contributed by atoms with Gasteiger partial charge in [-0.2, -0.15) is 0 Å². The van der Waals surface area contributed by atoms with Gasteiger partial charge in [-0.3, -0.25) is 10.6 Å². The quantitative estimate of drug-likeness (QED) is 0.252. The van der Waals surface area contributed by atoms with Crippen molar-refractivity contribution in [3.05, 3.63) is 22.6 Å². The monoisotopic (exact) mass is 367 g/mol. The van der Waals surface area contributed by atoms with Crippen molar-refractivity contribution in [3.63, 3.8) is 0 Å². The molecule has 1 fully saturated rings. The van der Waals surface area contributed by atoms with Gasteiger partial charge < -0.3 is 45.8 Å². The van der Waals surface area contributed by atoms with Gasteiger partial charge in [0.1, 0.15) is 12.2 Å². The Morgan fingerprint density at radius 2 is 2.00 bits per heavy atom. The Bertz CT molecular complexity index is 758. The zero-order valence-corrected chi connectivity index (χ0v) is 13.7. The molecule has 1 aromatic rings. The molecule has 3 aliphatic rings. The van der Waals surface area contributed by atoms with Crippen LogP contribution in [0.1, 0.15) is 21.8 Å². The highest BCUT2D eigenvalue weighted by atomic mass is 16.7. The Balaban J connectivity index is 1.89. The van der Waals surface area contributed by atoms with E-state index in [2.05, 4.69) is 10.7 Å². The molecule has 11 heteroatoms. The highest BCUT2D eigenvalue weighted by Crippen LogP contribution is 2.50. The maximum Gasteiger partial charge on any atom is 0.255 e. The van der Waals surface area contributed by atoms with Gasteiger partial charge in [-0.15, -0.1) is 0 Å². The first kappa shape index (κ1) is 17.3. The topological polar surface area (TPSA) is 172 Å². The first-order valence-electron chi connectivity index (χ1n) is 8.01. The SMILES string of the molecule is CN(N)[N-][C@H]1[C@H](O)[C@@H](O)[C@@H](O)[C@@H]2NC(=O)c3c(cc4c(c3O)OCO4)[C@@H]12. The standard InChI is InChI=1S/C15H19N4O7/c1-19(16)18-9-6-4-2-5-14(26-3-25-5)10(20)7(4)15(24)17-8(6)11(21)13(23)12(9)22/h2,6,8-9,11-13,20-23H,3,16H2,1H3,(H,17,24)/q-1/t6-,8-,9-,11+,12+,13+/m1/s1. The van der Waals surface area contributed by atoms with Crippen LogP contribution in [0.15, 0.2) is 6.07 Å². The normalized spacial score (nSPS) is 35.1. The van der Waals surface area contributed by atoms with Gasteiger partial charge in [0.2, 0.25) is 12.5 Å². The van der Waals surface area contributed by atoms with E-state index < -0.39 is 42.2 Å². The number of nitrogens with two attached hydrogens (primary N) is 1. The summed E-state index contributed by atoms with van der Waals surface area (Å²) in [4.78, 5) is 12.5. The first-order chi connectivity index (χ1) is 12.3. The molecule has 1 amide bonds. The van der Waals surface area contributed by atoms with Gasteiger partial charge in [0.15, 0.2) is 11.5 Å². The molecule has 1 aromatic carbocycles. The molecule has 7 N–H and O–H groups in total. The largest absolute Gasteiger partial charge is 0.575 e. The minimum absolute atomic E-state index is 0.0498. The van der Waals surface area contributed by atoms with Crippen molar-refractivity contribution in [1.29, 1.82) is 0 Å². The van der Waals surface area contributed by atoms with Crippen LogP contribution in [0, 0.1) is 0 Å². The number of aliphatic hydroxyl groups excluding tert-OH is 3. The third-order valence-corrected chi connectivity index (χ3v) is 5.04. The van der Waals surface area contributed by atoms with Crippen LogP contribution >= 0.6 is 0 Å². The maximum atomic E-state index is 12.5. The summed E-state index contributed by atoms with van der Waals surface area (Å²) in [5, 5.41) is 45.0. The summed E-state index contributed by atoms with van der Waals surface area (Å²) in [6.07, 6.45) is -4.41. The molecular formula is C15H19N4O7-. The fourth-order valence-electron chi connectivity index (χ4n) is 3.93. The lowest BCUT2D eigenvalue weighted by Gasteiger charge is -2.55. The fraction of sp³-hybridized carbons (Fsp3) is 0.533. The van der Waals surface area contributed by atoms with Crippen LogP contribution in [-0.4, -0.2) is 75.7 Å². The molecule has 0 unspecified atom stereocenters. The zero-order valence-electron chi connectivity index (χ0n) is 13.7. The summed E-state index contributed by atoms with van der Waals surface area (Å²) in [7, 11) is 1.44. The van der Waals surface area contributed by atoms with Crippen molar-refractivity contribution >= 4 is 5.91 Å². The Morgan fingerprint density at radius 3 is 2.69 bits per heavy atom. The summed E-state index contributed by atoms with van der Waals surface area (Å²) < 4.78 is 10.5. The molecule has 0 bridgehead atoms. The van der Waals surface area contributed by atoms with Crippen LogP contribution in [0.3, 0.4) is 0 Å². The smallest absolute Gasteiger partial charge is 0.255 e. The van der Waals surface area contributed by atoms with Crippen LogP contribution < -0.4 is 20.6 Å². The number of ether oxygens (including phenoxy) is 2. The van der Waals surface area contributed by atoms with Crippen molar-refractivity contribution in [2.75, 3.05) is 13.8 Å². The Labute approximate surface area is 147 Å². The molecule has 6 atom stereocenters. The predicted molar refractivity (Wildman–Crippen MR) is 85.3 cm³/mol. The molecule has 2 heterocycles. The number of rotatable bonds is 2. The van der Waals surface area contributed by atoms with Gasteiger partial charge in [-0.1, -0.05) is 6.04 Å². The number of phenolic OH excluding ortho intramolecular Hbond substituents is 1. The summed E-state index contributed by atoms with van der Waals surface area (Å²) in [5.74, 6) is 4.09. The number of nitrogens with zero attached hydrogens (tertiary/aromatic N) is 2. The van der Waals surface area contributed by atoms with Crippen LogP contribution in [0.25, 0.3) is 5.43 Å². The molecule has 0 saturated heterocycles.